The van der Waals surface area contributed by atoms with Crippen molar-refractivity contribution in [3.8, 4) is 0 Å². The highest BCUT2D eigenvalue weighted by molar-refractivity contribution is 6.42. The summed E-state index contributed by atoms with van der Waals surface area (Å²) in [7, 11) is 3.86. The molecule has 0 atom stereocenters. The Balaban J connectivity index is 2.02. The van der Waals surface area contributed by atoms with Crippen LogP contribution in [0.15, 0.2) is 40.8 Å². The minimum absolute atomic E-state index is 0.0318. The van der Waals surface area contributed by atoms with Crippen LogP contribution in [0.2, 0.25) is 10.0 Å². The quantitative estimate of drug-likeness (QED) is 0.664. The molecule has 0 fully saturated rings. The van der Waals surface area contributed by atoms with E-state index in [1.54, 1.807) is 12.1 Å². The molecular weight excluding hydrogens is 323 g/mol. The maximum Gasteiger partial charge on any atom is 0.269 e. The number of rotatable bonds is 3. The number of nitrogens with zero attached hydrogens (tertiary/aromatic N) is 2. The maximum atomic E-state index is 12.4. The van der Waals surface area contributed by atoms with E-state index < -0.39 is 0 Å². The van der Waals surface area contributed by atoms with Gasteiger partial charge in [0, 0.05) is 31.4 Å². The Morgan fingerprint density at radius 3 is 2.55 bits per heavy atom. The number of benzene rings is 2. The zero-order valence-corrected chi connectivity index (χ0v) is 13.4. The number of fused-ring (bicyclic) bond motifs is 1. The van der Waals surface area contributed by atoms with Gasteiger partial charge in [0.25, 0.3) is 5.89 Å². The predicted molar refractivity (Wildman–Crippen MR) is 88.2 cm³/mol. The first-order valence-electron chi connectivity index (χ1n) is 6.53. The largest absolute Gasteiger partial charge is 0.433 e. The molecular formula is C16H12Cl2N2O2. The number of carbonyl (C=O) groups excluding carboxylic acids is 1. The minimum atomic E-state index is -0.332. The second-order valence-corrected chi connectivity index (χ2v) is 5.84. The molecule has 1 aromatic heterocycles. The van der Waals surface area contributed by atoms with Gasteiger partial charge in [0.05, 0.1) is 10.0 Å². The Labute approximate surface area is 137 Å². The molecule has 0 saturated carbocycles. The monoisotopic (exact) mass is 334 g/mol. The van der Waals surface area contributed by atoms with Crippen molar-refractivity contribution in [2.75, 3.05) is 19.0 Å². The fourth-order valence-corrected chi connectivity index (χ4v) is 2.35. The fourth-order valence-electron chi connectivity index (χ4n) is 2.05. The van der Waals surface area contributed by atoms with E-state index in [2.05, 4.69) is 4.98 Å². The smallest absolute Gasteiger partial charge is 0.269 e. The van der Waals surface area contributed by atoms with E-state index in [-0.39, 0.29) is 11.7 Å². The van der Waals surface area contributed by atoms with Crippen LogP contribution in [0.25, 0.3) is 11.1 Å². The average molecular weight is 335 g/mol. The Morgan fingerprint density at radius 1 is 1.09 bits per heavy atom. The lowest BCUT2D eigenvalue weighted by molar-refractivity contribution is 0.100. The van der Waals surface area contributed by atoms with Gasteiger partial charge in [0.2, 0.25) is 5.78 Å². The first-order valence-corrected chi connectivity index (χ1v) is 7.29. The molecule has 6 heteroatoms. The molecule has 112 valence electrons. The van der Waals surface area contributed by atoms with Crippen molar-refractivity contribution in [2.24, 2.45) is 0 Å². The highest BCUT2D eigenvalue weighted by Crippen LogP contribution is 2.26. The standard InChI is InChI=1S/C16H12Cl2N2O2/c1-20(2)10-4-6-13-14(8-10)22-16(19-13)15(21)9-3-5-11(17)12(18)7-9/h3-8H,1-2H3. The number of aromatic nitrogens is 1. The van der Waals surface area contributed by atoms with E-state index in [4.69, 9.17) is 27.6 Å². The van der Waals surface area contributed by atoms with Crippen molar-refractivity contribution in [2.45, 2.75) is 0 Å². The third-order valence-electron chi connectivity index (χ3n) is 3.26. The summed E-state index contributed by atoms with van der Waals surface area (Å²) < 4.78 is 5.58. The Kier molecular flexibility index (Phi) is 3.81. The van der Waals surface area contributed by atoms with Crippen LogP contribution >= 0.6 is 23.2 Å². The second kappa shape index (κ2) is 5.63. The number of hydrogen-bond donors (Lipinski definition) is 0. The molecule has 0 N–H and O–H groups in total. The van der Waals surface area contributed by atoms with Crippen LogP contribution in [0.4, 0.5) is 5.69 Å². The molecule has 1 heterocycles. The lowest BCUT2D eigenvalue weighted by atomic mass is 10.1. The molecule has 0 aliphatic heterocycles. The highest BCUT2D eigenvalue weighted by Gasteiger charge is 2.18. The fraction of sp³-hybridized carbons (Fsp3) is 0.125. The van der Waals surface area contributed by atoms with Gasteiger partial charge in [-0.15, -0.1) is 0 Å². The molecule has 0 spiro atoms. The van der Waals surface area contributed by atoms with Gasteiger partial charge in [-0.3, -0.25) is 4.79 Å². The van der Waals surface area contributed by atoms with Crippen LogP contribution in [-0.4, -0.2) is 24.9 Å². The zero-order chi connectivity index (χ0) is 15.9. The van der Waals surface area contributed by atoms with E-state index in [0.717, 1.165) is 5.69 Å². The summed E-state index contributed by atoms with van der Waals surface area (Å²) in [6.07, 6.45) is 0. The number of ketones is 1. The van der Waals surface area contributed by atoms with Crippen molar-refractivity contribution < 1.29 is 9.21 Å². The summed E-state index contributed by atoms with van der Waals surface area (Å²) in [5.74, 6) is -0.300. The van der Waals surface area contributed by atoms with Gasteiger partial charge >= 0.3 is 0 Å². The molecule has 22 heavy (non-hydrogen) atoms. The van der Waals surface area contributed by atoms with E-state index in [0.29, 0.717) is 26.7 Å². The first-order chi connectivity index (χ1) is 10.5. The van der Waals surface area contributed by atoms with Crippen LogP contribution in [0, 0.1) is 0 Å². The third-order valence-corrected chi connectivity index (χ3v) is 4.00. The summed E-state index contributed by atoms with van der Waals surface area (Å²) in [5, 5.41) is 0.713. The average Bonchev–Trinajstić information content (AvgIpc) is 2.92. The Morgan fingerprint density at radius 2 is 1.86 bits per heavy atom. The molecule has 3 rings (SSSR count). The van der Waals surface area contributed by atoms with Crippen molar-refractivity contribution >= 4 is 45.8 Å². The molecule has 0 amide bonds. The maximum absolute atomic E-state index is 12.4. The lowest BCUT2D eigenvalue weighted by Gasteiger charge is -2.10. The number of carbonyl (C=O) groups is 1. The van der Waals surface area contributed by atoms with E-state index in [9.17, 15) is 4.79 Å². The molecule has 0 saturated heterocycles. The van der Waals surface area contributed by atoms with Crippen molar-refractivity contribution in [1.82, 2.24) is 4.98 Å². The summed E-state index contributed by atoms with van der Waals surface area (Å²) in [4.78, 5) is 18.6. The van der Waals surface area contributed by atoms with Crippen LogP contribution < -0.4 is 4.90 Å². The van der Waals surface area contributed by atoms with Gasteiger partial charge in [-0.2, -0.15) is 0 Å². The molecule has 0 aliphatic carbocycles. The van der Waals surface area contributed by atoms with E-state index in [1.165, 1.54) is 6.07 Å². The molecule has 3 aromatic rings. The van der Waals surface area contributed by atoms with Gasteiger partial charge < -0.3 is 9.32 Å². The Bertz CT molecular complexity index is 872. The SMILES string of the molecule is CN(C)c1ccc2nc(C(=O)c3ccc(Cl)c(Cl)c3)oc2c1. The molecule has 0 bridgehead atoms. The van der Waals surface area contributed by atoms with Crippen LogP contribution in [-0.2, 0) is 0 Å². The van der Waals surface area contributed by atoms with Gasteiger partial charge in [0.15, 0.2) is 5.58 Å². The van der Waals surface area contributed by atoms with Crippen molar-refractivity contribution in [3.63, 3.8) is 0 Å². The van der Waals surface area contributed by atoms with E-state index in [1.807, 2.05) is 37.2 Å². The normalized spacial score (nSPS) is 10.9. The summed E-state index contributed by atoms with van der Waals surface area (Å²) in [6.45, 7) is 0. The summed E-state index contributed by atoms with van der Waals surface area (Å²) >= 11 is 11.8. The molecule has 0 radical (unpaired) electrons. The van der Waals surface area contributed by atoms with Crippen LogP contribution in [0.1, 0.15) is 16.2 Å². The molecule has 0 unspecified atom stereocenters. The lowest BCUT2D eigenvalue weighted by Crippen LogP contribution is -2.07. The van der Waals surface area contributed by atoms with Gasteiger partial charge in [-0.25, -0.2) is 4.98 Å². The number of hydrogen-bond acceptors (Lipinski definition) is 4. The topological polar surface area (TPSA) is 46.3 Å². The third kappa shape index (κ3) is 2.67. The first kappa shape index (κ1) is 14.9. The van der Waals surface area contributed by atoms with E-state index >= 15 is 0 Å². The van der Waals surface area contributed by atoms with Crippen LogP contribution in [0.5, 0.6) is 0 Å². The van der Waals surface area contributed by atoms with Crippen LogP contribution in [0.3, 0.4) is 0 Å². The van der Waals surface area contributed by atoms with Crippen molar-refractivity contribution in [3.05, 3.63) is 57.9 Å². The number of oxazole rings is 1. The van der Waals surface area contributed by atoms with Gasteiger partial charge in [0.1, 0.15) is 5.52 Å². The Hall–Kier alpha value is -2.04. The van der Waals surface area contributed by atoms with Crippen molar-refractivity contribution in [1.29, 1.82) is 0 Å². The predicted octanol–water partition coefficient (Wildman–Crippen LogP) is 4.43. The minimum Gasteiger partial charge on any atom is -0.433 e. The van der Waals surface area contributed by atoms with Gasteiger partial charge in [-0.05, 0) is 30.3 Å². The highest BCUT2D eigenvalue weighted by atomic mass is 35.5. The number of anilines is 1. The molecule has 4 nitrogen and oxygen atoms in total. The molecule has 0 aliphatic rings. The van der Waals surface area contributed by atoms with Gasteiger partial charge in [-0.1, -0.05) is 23.2 Å². The molecule has 2 aromatic carbocycles. The summed E-state index contributed by atoms with van der Waals surface area (Å²) in [5.41, 5.74) is 2.55. The zero-order valence-electron chi connectivity index (χ0n) is 11.9. The second-order valence-electron chi connectivity index (χ2n) is 5.02. The number of halogens is 2. The summed E-state index contributed by atoms with van der Waals surface area (Å²) in [6, 6.07) is 10.2.